The summed E-state index contributed by atoms with van der Waals surface area (Å²) in [6.45, 7) is 10.4. The summed E-state index contributed by atoms with van der Waals surface area (Å²) < 4.78 is 7.54. The third-order valence-corrected chi connectivity index (χ3v) is 4.14. The van der Waals surface area contributed by atoms with Crippen LogP contribution in [0, 0.1) is 0 Å². The van der Waals surface area contributed by atoms with Crippen LogP contribution in [-0.2, 0) is 17.7 Å². The van der Waals surface area contributed by atoms with E-state index in [-0.39, 0.29) is 30.1 Å². The van der Waals surface area contributed by atoms with Gasteiger partial charge in [-0.15, -0.1) is 34.2 Å². The highest BCUT2D eigenvalue weighted by Gasteiger charge is 2.34. The van der Waals surface area contributed by atoms with E-state index in [0.717, 1.165) is 31.6 Å². The Kier molecular flexibility index (Phi) is 9.97. The highest BCUT2D eigenvalue weighted by atomic mass is 127. The third-order valence-electron chi connectivity index (χ3n) is 4.14. The molecule has 0 aromatic carbocycles. The van der Waals surface area contributed by atoms with Gasteiger partial charge in [-0.05, 0) is 33.6 Å². The number of hydrogen-bond donors (Lipinski definition) is 2. The molecule has 9 nitrogen and oxygen atoms in total. The van der Waals surface area contributed by atoms with Crippen LogP contribution in [0.25, 0.3) is 0 Å². The fourth-order valence-corrected chi connectivity index (χ4v) is 2.68. The van der Waals surface area contributed by atoms with Crippen LogP contribution in [0.3, 0.4) is 0 Å². The van der Waals surface area contributed by atoms with Gasteiger partial charge in [0, 0.05) is 45.7 Å². The number of rotatable bonds is 8. The Morgan fingerprint density at radius 3 is 2.61 bits per heavy atom. The number of ether oxygens (including phenoxy) is 1. The van der Waals surface area contributed by atoms with E-state index in [9.17, 15) is 4.79 Å². The van der Waals surface area contributed by atoms with Gasteiger partial charge >= 0.3 is 6.09 Å². The lowest BCUT2D eigenvalue weighted by atomic mass is 10.2. The molecule has 0 aliphatic heterocycles. The maximum atomic E-state index is 12.4. The van der Waals surface area contributed by atoms with Crippen LogP contribution in [0.1, 0.15) is 46.4 Å². The number of aromatic nitrogens is 3. The molecule has 0 saturated heterocycles. The van der Waals surface area contributed by atoms with E-state index in [4.69, 9.17) is 4.74 Å². The van der Waals surface area contributed by atoms with E-state index >= 15 is 0 Å². The normalized spacial score (nSPS) is 14.2. The molecule has 1 amide bonds. The number of amides is 1. The van der Waals surface area contributed by atoms with E-state index in [1.165, 1.54) is 0 Å². The topological polar surface area (TPSA) is 96.7 Å². The molecular weight excluding hydrogens is 473 g/mol. The van der Waals surface area contributed by atoms with Crippen molar-refractivity contribution >= 4 is 36.0 Å². The van der Waals surface area contributed by atoms with Gasteiger partial charge in [0.25, 0.3) is 0 Å². The van der Waals surface area contributed by atoms with Crippen LogP contribution in [0.5, 0.6) is 0 Å². The molecule has 10 heteroatoms. The Balaban J connectivity index is 0.00000392. The van der Waals surface area contributed by atoms with Crippen molar-refractivity contribution in [3.8, 4) is 0 Å². The van der Waals surface area contributed by atoms with Crippen molar-refractivity contribution < 1.29 is 9.53 Å². The average molecular weight is 507 g/mol. The van der Waals surface area contributed by atoms with Crippen molar-refractivity contribution in [2.24, 2.45) is 4.99 Å². The van der Waals surface area contributed by atoms with Crippen LogP contribution < -0.4 is 10.6 Å². The zero-order chi connectivity index (χ0) is 19.9. The highest BCUT2D eigenvalue weighted by molar-refractivity contribution is 14.0. The predicted molar refractivity (Wildman–Crippen MR) is 120 cm³/mol. The van der Waals surface area contributed by atoms with Gasteiger partial charge in [-0.3, -0.25) is 4.99 Å². The highest BCUT2D eigenvalue weighted by Crippen LogP contribution is 2.27. The number of carbonyl (C=O) groups is 1. The minimum atomic E-state index is -0.477. The molecule has 2 N–H and O–H groups in total. The quantitative estimate of drug-likeness (QED) is 0.318. The van der Waals surface area contributed by atoms with Gasteiger partial charge in [0.1, 0.15) is 17.8 Å². The minimum absolute atomic E-state index is 0. The van der Waals surface area contributed by atoms with E-state index in [0.29, 0.717) is 31.6 Å². The van der Waals surface area contributed by atoms with Crippen LogP contribution in [-0.4, -0.2) is 70.0 Å². The molecule has 1 aromatic rings. The van der Waals surface area contributed by atoms with Gasteiger partial charge in [0.05, 0.1) is 0 Å². The molecule has 28 heavy (non-hydrogen) atoms. The second-order valence-corrected chi connectivity index (χ2v) is 7.62. The molecule has 1 aliphatic carbocycles. The lowest BCUT2D eigenvalue weighted by Gasteiger charge is -2.27. The van der Waals surface area contributed by atoms with Crippen LogP contribution in [0.4, 0.5) is 4.79 Å². The number of hydrogen-bond acceptors (Lipinski definition) is 5. The first-order valence-corrected chi connectivity index (χ1v) is 9.65. The second-order valence-electron chi connectivity index (χ2n) is 7.62. The molecule has 0 radical (unpaired) electrons. The zero-order valence-corrected chi connectivity index (χ0v) is 19.9. The first kappa shape index (κ1) is 24.4. The molecule has 0 unspecified atom stereocenters. The molecule has 0 atom stereocenters. The average Bonchev–Trinajstić information content (AvgIpc) is 3.33. The smallest absolute Gasteiger partial charge is 0.410 e. The number of aryl methyl sites for hydroxylation is 1. The number of nitrogens with one attached hydrogen (secondary N) is 2. The monoisotopic (exact) mass is 507 g/mol. The molecule has 1 heterocycles. The summed E-state index contributed by atoms with van der Waals surface area (Å²) in [6.07, 6.45) is 4.45. The minimum Gasteiger partial charge on any atom is -0.444 e. The SMILES string of the molecule is CCc1nncn1CCNC(=NC)NCCN(C(=O)OC(C)(C)C)C1CC1.I. The van der Waals surface area contributed by atoms with E-state index in [2.05, 4.69) is 32.7 Å². The molecule has 1 aromatic heterocycles. The van der Waals surface area contributed by atoms with Crippen LogP contribution in [0.15, 0.2) is 11.3 Å². The van der Waals surface area contributed by atoms with Gasteiger partial charge in [-0.1, -0.05) is 6.92 Å². The van der Waals surface area contributed by atoms with E-state index in [1.807, 2.05) is 30.2 Å². The van der Waals surface area contributed by atoms with Crippen LogP contribution >= 0.6 is 24.0 Å². The van der Waals surface area contributed by atoms with Gasteiger partial charge in [0.15, 0.2) is 5.96 Å². The Bertz CT molecular complexity index is 638. The molecule has 0 spiro atoms. The van der Waals surface area contributed by atoms with Gasteiger partial charge in [-0.25, -0.2) is 4.79 Å². The lowest BCUT2D eigenvalue weighted by Crippen LogP contribution is -2.45. The van der Waals surface area contributed by atoms with Crippen molar-refractivity contribution in [2.45, 2.75) is 65.1 Å². The van der Waals surface area contributed by atoms with Crippen molar-refractivity contribution in [1.82, 2.24) is 30.3 Å². The summed E-state index contributed by atoms with van der Waals surface area (Å²) in [6, 6.07) is 0.304. The lowest BCUT2D eigenvalue weighted by molar-refractivity contribution is 0.0238. The maximum absolute atomic E-state index is 12.4. The van der Waals surface area contributed by atoms with Crippen molar-refractivity contribution in [2.75, 3.05) is 26.7 Å². The summed E-state index contributed by atoms with van der Waals surface area (Å²) in [5.74, 6) is 1.68. The molecule has 0 bridgehead atoms. The van der Waals surface area contributed by atoms with Crippen molar-refractivity contribution in [3.63, 3.8) is 0 Å². The second kappa shape index (κ2) is 11.4. The van der Waals surface area contributed by atoms with Gasteiger partial charge < -0.3 is 24.8 Å². The standard InChI is InChI=1S/C18H33N7O2.HI/c1-6-15-23-22-13-24(15)11-9-20-16(19-5)21-10-12-25(14-7-8-14)17(26)27-18(2,3)4;/h13-14H,6-12H2,1-5H3,(H2,19,20,21);1H. The first-order valence-electron chi connectivity index (χ1n) is 9.65. The largest absolute Gasteiger partial charge is 0.444 e. The van der Waals surface area contributed by atoms with Gasteiger partial charge in [0.2, 0.25) is 0 Å². The Morgan fingerprint density at radius 1 is 1.36 bits per heavy atom. The number of aliphatic imine (C=N–C) groups is 1. The number of nitrogens with zero attached hydrogens (tertiary/aromatic N) is 5. The molecule has 1 saturated carbocycles. The maximum Gasteiger partial charge on any atom is 0.410 e. The summed E-state index contributed by atoms with van der Waals surface area (Å²) in [4.78, 5) is 18.4. The Hall–Kier alpha value is -1.59. The molecule has 1 aliphatic rings. The van der Waals surface area contributed by atoms with Crippen molar-refractivity contribution in [1.29, 1.82) is 0 Å². The fraction of sp³-hybridized carbons (Fsp3) is 0.778. The summed E-state index contributed by atoms with van der Waals surface area (Å²) in [7, 11) is 1.73. The molecule has 2 rings (SSSR count). The number of guanidine groups is 1. The molecule has 160 valence electrons. The van der Waals surface area contributed by atoms with Crippen LogP contribution in [0.2, 0.25) is 0 Å². The zero-order valence-electron chi connectivity index (χ0n) is 17.6. The predicted octanol–water partition coefficient (Wildman–Crippen LogP) is 2.02. The number of halogens is 1. The van der Waals surface area contributed by atoms with E-state index < -0.39 is 5.60 Å². The summed E-state index contributed by atoms with van der Waals surface area (Å²) in [5.41, 5.74) is -0.477. The Labute approximate surface area is 184 Å². The first-order chi connectivity index (χ1) is 12.8. The fourth-order valence-electron chi connectivity index (χ4n) is 2.68. The van der Waals surface area contributed by atoms with Gasteiger partial charge in [-0.2, -0.15) is 0 Å². The van der Waals surface area contributed by atoms with E-state index in [1.54, 1.807) is 13.4 Å². The summed E-state index contributed by atoms with van der Waals surface area (Å²) in [5, 5.41) is 14.5. The molecule has 1 fully saturated rings. The Morgan fingerprint density at radius 2 is 2.04 bits per heavy atom. The molecular formula is C18H34IN7O2. The number of carbonyl (C=O) groups excluding carboxylic acids is 1. The summed E-state index contributed by atoms with van der Waals surface area (Å²) >= 11 is 0. The third kappa shape index (κ3) is 8.19. The van der Waals surface area contributed by atoms with Crippen molar-refractivity contribution in [3.05, 3.63) is 12.2 Å².